The van der Waals surface area contributed by atoms with Crippen molar-refractivity contribution >= 4 is 39.5 Å². The van der Waals surface area contributed by atoms with Gasteiger partial charge in [0.1, 0.15) is 19.3 Å². The van der Waals surface area contributed by atoms with Crippen molar-refractivity contribution in [3.63, 3.8) is 0 Å². The fraction of sp³-hybridized carbons (Fsp3) is 0.945. The van der Waals surface area contributed by atoms with Crippen LogP contribution in [0.1, 0.15) is 364 Å². The Morgan fingerprint density at radius 1 is 0.304 bits per heavy atom. The van der Waals surface area contributed by atoms with Crippen molar-refractivity contribution in [2.24, 2.45) is 23.7 Å². The maximum atomic E-state index is 13.1. The molecule has 17 nitrogen and oxygen atoms in total. The van der Waals surface area contributed by atoms with Crippen molar-refractivity contribution in [3.8, 4) is 0 Å². The third-order valence-corrected chi connectivity index (χ3v) is 19.8. The zero-order chi connectivity index (χ0) is 68.2. The molecule has 0 rings (SSSR count). The molecule has 0 saturated carbocycles. The molecule has 0 aromatic carbocycles. The van der Waals surface area contributed by atoms with Crippen LogP contribution >= 0.6 is 15.6 Å². The maximum Gasteiger partial charge on any atom is 0.472 e. The second-order valence-corrected chi connectivity index (χ2v) is 30.4. The molecule has 0 aliphatic carbocycles. The van der Waals surface area contributed by atoms with E-state index in [2.05, 4.69) is 55.4 Å². The molecule has 19 heteroatoms. The fourth-order valence-corrected chi connectivity index (χ4v) is 12.5. The highest BCUT2D eigenvalue weighted by molar-refractivity contribution is 7.47. The number of carbonyl (C=O) groups is 4. The lowest BCUT2D eigenvalue weighted by Gasteiger charge is -2.21. The molecular formula is C73H142O17P2. The Labute approximate surface area is 562 Å². The van der Waals surface area contributed by atoms with E-state index in [-0.39, 0.29) is 25.7 Å². The van der Waals surface area contributed by atoms with Crippen LogP contribution in [0.4, 0.5) is 0 Å². The van der Waals surface area contributed by atoms with Gasteiger partial charge in [-0.25, -0.2) is 9.13 Å². The lowest BCUT2D eigenvalue weighted by Crippen LogP contribution is -2.30. The van der Waals surface area contributed by atoms with E-state index in [1.54, 1.807) is 0 Å². The number of hydrogen-bond acceptors (Lipinski definition) is 15. The van der Waals surface area contributed by atoms with Crippen molar-refractivity contribution in [1.82, 2.24) is 0 Å². The van der Waals surface area contributed by atoms with Gasteiger partial charge in [0.2, 0.25) is 0 Å². The summed E-state index contributed by atoms with van der Waals surface area (Å²) in [7, 11) is -9.91. The van der Waals surface area contributed by atoms with E-state index in [1.165, 1.54) is 161 Å². The summed E-state index contributed by atoms with van der Waals surface area (Å²) < 4.78 is 68.4. The van der Waals surface area contributed by atoms with Gasteiger partial charge in [-0.3, -0.25) is 37.3 Å². The molecule has 8 atom stereocenters. The summed E-state index contributed by atoms with van der Waals surface area (Å²) in [6.07, 6.45) is 45.8. The first-order valence-electron chi connectivity index (χ1n) is 37.8. The van der Waals surface area contributed by atoms with Crippen LogP contribution in [-0.4, -0.2) is 96.7 Å². The molecular weight excluding hydrogens is 1210 g/mol. The predicted octanol–water partition coefficient (Wildman–Crippen LogP) is 20.9. The molecule has 0 amide bonds. The SMILES string of the molecule is CCC(C)CCCCCCCCCCCCCCCCC(=O)OC[C@H](COP(=O)(O)OCC(O)COP(=O)(O)OC[C@@H](COC(=O)CCCCCCCCCC(C)C)OC(=O)CCCCCCCCC(C)CC)OC(=O)CCCCCCCCCCCCC(C)CC. The van der Waals surface area contributed by atoms with Crippen LogP contribution in [0.25, 0.3) is 0 Å². The Morgan fingerprint density at radius 2 is 0.522 bits per heavy atom. The van der Waals surface area contributed by atoms with Crippen LogP contribution in [-0.2, 0) is 65.4 Å². The first kappa shape index (κ1) is 90.1. The van der Waals surface area contributed by atoms with Gasteiger partial charge in [0.15, 0.2) is 12.2 Å². The van der Waals surface area contributed by atoms with Crippen molar-refractivity contribution in [1.29, 1.82) is 0 Å². The predicted molar refractivity (Wildman–Crippen MR) is 372 cm³/mol. The van der Waals surface area contributed by atoms with E-state index in [4.69, 9.17) is 37.0 Å². The number of phosphoric acid groups is 2. The number of aliphatic hydroxyl groups is 1. The van der Waals surface area contributed by atoms with Gasteiger partial charge in [-0.15, -0.1) is 0 Å². The largest absolute Gasteiger partial charge is 0.472 e. The lowest BCUT2D eigenvalue weighted by molar-refractivity contribution is -0.161. The van der Waals surface area contributed by atoms with Gasteiger partial charge in [0.05, 0.1) is 26.4 Å². The van der Waals surface area contributed by atoms with Gasteiger partial charge in [0, 0.05) is 25.7 Å². The summed E-state index contributed by atoms with van der Waals surface area (Å²) in [5, 5.41) is 10.6. The molecule has 0 aliphatic heterocycles. The fourth-order valence-electron chi connectivity index (χ4n) is 10.9. The Bertz CT molecular complexity index is 1820. The molecule has 0 heterocycles. The standard InChI is InChI=1S/C73H142O17P2/c1-9-64(6)50-42-34-26-20-16-14-12-13-15-17-22-28-37-45-53-70(75)83-59-68(89-72(77)55-47-39-29-23-19-18-21-27-35-43-51-65(7)10-2)61-87-91(79,80)85-57-67(74)58-86-92(81,82)88-62-69(90-73(78)56-48-40-32-31-36-44-52-66(8)11-3)60-84-71(76)54-46-38-30-24-25-33-41-49-63(4)5/h63-69,74H,9-62H2,1-8H3,(H,79,80)(H,81,82)/t64?,65?,66?,67?,68-,69-/m1/s1. The maximum absolute atomic E-state index is 13.1. The van der Waals surface area contributed by atoms with Gasteiger partial charge in [-0.05, 0) is 49.4 Å². The molecule has 0 spiro atoms. The smallest absolute Gasteiger partial charge is 0.462 e. The Balaban J connectivity index is 5.23. The highest BCUT2D eigenvalue weighted by atomic mass is 31.2. The van der Waals surface area contributed by atoms with Crippen LogP contribution in [0.2, 0.25) is 0 Å². The van der Waals surface area contributed by atoms with E-state index in [0.717, 1.165) is 114 Å². The topological polar surface area (TPSA) is 237 Å². The van der Waals surface area contributed by atoms with E-state index < -0.39 is 97.5 Å². The molecule has 0 radical (unpaired) electrons. The van der Waals surface area contributed by atoms with E-state index in [9.17, 15) is 43.2 Å². The average Bonchev–Trinajstić information content (AvgIpc) is 1.65. The summed E-state index contributed by atoms with van der Waals surface area (Å²) in [6.45, 7) is 14.1. The van der Waals surface area contributed by atoms with Gasteiger partial charge in [0.25, 0.3) is 0 Å². The van der Waals surface area contributed by atoms with Crippen molar-refractivity contribution in [3.05, 3.63) is 0 Å². The lowest BCUT2D eigenvalue weighted by atomic mass is 9.99. The quantitative estimate of drug-likeness (QED) is 0.0222. The normalized spacial score (nSPS) is 15.1. The highest BCUT2D eigenvalue weighted by Gasteiger charge is 2.30. The molecule has 6 unspecified atom stereocenters. The zero-order valence-electron chi connectivity index (χ0n) is 60.2. The number of ether oxygens (including phenoxy) is 4. The van der Waals surface area contributed by atoms with Gasteiger partial charge >= 0.3 is 39.5 Å². The molecule has 0 aromatic rings. The van der Waals surface area contributed by atoms with Gasteiger partial charge in [-0.2, -0.15) is 0 Å². The Kier molecular flexibility index (Phi) is 61.3. The summed E-state index contributed by atoms with van der Waals surface area (Å²) in [5.41, 5.74) is 0. The van der Waals surface area contributed by atoms with Crippen LogP contribution in [0, 0.1) is 23.7 Å². The third-order valence-electron chi connectivity index (χ3n) is 17.9. The molecule has 0 fully saturated rings. The Morgan fingerprint density at radius 3 is 0.772 bits per heavy atom. The monoisotopic (exact) mass is 1350 g/mol. The third kappa shape index (κ3) is 62.8. The molecule has 0 saturated heterocycles. The minimum atomic E-state index is -4.96. The van der Waals surface area contributed by atoms with E-state index in [0.29, 0.717) is 31.6 Å². The second-order valence-electron chi connectivity index (χ2n) is 27.5. The van der Waals surface area contributed by atoms with Crippen LogP contribution < -0.4 is 0 Å². The minimum Gasteiger partial charge on any atom is -0.462 e. The second kappa shape index (κ2) is 62.6. The van der Waals surface area contributed by atoms with E-state index in [1.807, 2.05) is 0 Å². The molecule has 92 heavy (non-hydrogen) atoms. The first-order chi connectivity index (χ1) is 44.2. The van der Waals surface area contributed by atoms with Crippen LogP contribution in [0.15, 0.2) is 0 Å². The minimum absolute atomic E-state index is 0.102. The van der Waals surface area contributed by atoms with Crippen molar-refractivity contribution in [2.45, 2.75) is 382 Å². The molecule has 0 aliphatic rings. The van der Waals surface area contributed by atoms with Gasteiger partial charge in [-0.1, -0.05) is 312 Å². The number of rotatable bonds is 70. The summed E-state index contributed by atoms with van der Waals surface area (Å²) in [6, 6.07) is 0. The van der Waals surface area contributed by atoms with E-state index >= 15 is 0 Å². The highest BCUT2D eigenvalue weighted by Crippen LogP contribution is 2.45. The molecule has 0 bridgehead atoms. The summed E-state index contributed by atoms with van der Waals surface area (Å²) >= 11 is 0. The first-order valence-corrected chi connectivity index (χ1v) is 40.8. The average molecular weight is 1350 g/mol. The van der Waals surface area contributed by atoms with Crippen LogP contribution in [0.3, 0.4) is 0 Å². The number of aliphatic hydroxyl groups excluding tert-OH is 1. The van der Waals surface area contributed by atoms with Crippen molar-refractivity contribution < 1.29 is 80.2 Å². The molecule has 0 aromatic heterocycles. The van der Waals surface area contributed by atoms with Crippen molar-refractivity contribution in [2.75, 3.05) is 39.6 Å². The number of hydrogen-bond donors (Lipinski definition) is 3. The molecule has 546 valence electrons. The van der Waals surface area contributed by atoms with Crippen LogP contribution in [0.5, 0.6) is 0 Å². The molecule has 3 N–H and O–H groups in total. The number of carbonyl (C=O) groups excluding carboxylic acids is 4. The number of esters is 4. The zero-order valence-corrected chi connectivity index (χ0v) is 62.0. The van der Waals surface area contributed by atoms with Gasteiger partial charge < -0.3 is 33.8 Å². The summed E-state index contributed by atoms with van der Waals surface area (Å²) in [4.78, 5) is 72.6. The summed E-state index contributed by atoms with van der Waals surface area (Å²) in [5.74, 6) is 0.949. The number of phosphoric ester groups is 2. The Hall–Kier alpha value is -1.94. The number of unbranched alkanes of at least 4 members (excludes halogenated alkanes) is 33.